The van der Waals surface area contributed by atoms with Crippen molar-refractivity contribution in [1.29, 1.82) is 0 Å². The summed E-state index contributed by atoms with van der Waals surface area (Å²) in [5.74, 6) is -0.173. The highest BCUT2D eigenvalue weighted by Gasteiger charge is 2.62. The standard InChI is InChI=1S/C17H22FNO5S/c1-2-23-9-13-7-8-25(21,22)17(13)11-19(12-17)16(20)10-24-15-5-3-14(18)4-6-15/h3-6,13H,2,7-12H2,1H3/t13-/m0/s1. The molecule has 0 aromatic heterocycles. The van der Waals surface area contributed by atoms with E-state index >= 15 is 0 Å². The van der Waals surface area contributed by atoms with Crippen molar-refractivity contribution in [1.82, 2.24) is 4.90 Å². The van der Waals surface area contributed by atoms with Gasteiger partial charge in [0.1, 0.15) is 16.3 Å². The molecule has 0 N–H and O–H groups in total. The second-order valence-electron chi connectivity index (χ2n) is 6.52. The number of rotatable bonds is 6. The Kier molecular flexibility index (Phi) is 5.02. The number of benzene rings is 1. The van der Waals surface area contributed by atoms with E-state index in [9.17, 15) is 17.6 Å². The third-order valence-corrected chi connectivity index (χ3v) is 7.67. The minimum absolute atomic E-state index is 0.0699. The molecule has 2 fully saturated rings. The normalized spacial score (nSPS) is 23.4. The van der Waals surface area contributed by atoms with E-state index in [1.165, 1.54) is 29.2 Å². The SMILES string of the molecule is CCOC[C@@H]1CCS(=O)(=O)C12CN(C(=O)COc1ccc(F)cc1)C2. The van der Waals surface area contributed by atoms with Gasteiger partial charge in [0.2, 0.25) is 0 Å². The molecule has 0 radical (unpaired) electrons. The van der Waals surface area contributed by atoms with Crippen LogP contribution in [0.4, 0.5) is 4.39 Å². The zero-order chi connectivity index (χ0) is 18.1. The zero-order valence-electron chi connectivity index (χ0n) is 14.1. The number of ether oxygens (including phenoxy) is 2. The molecule has 2 aliphatic heterocycles. The van der Waals surface area contributed by atoms with Crippen LogP contribution in [0.5, 0.6) is 5.75 Å². The van der Waals surface area contributed by atoms with Crippen molar-refractivity contribution in [3.05, 3.63) is 30.1 Å². The highest BCUT2D eigenvalue weighted by atomic mass is 32.2. The Labute approximate surface area is 146 Å². The maximum Gasteiger partial charge on any atom is 0.260 e. The smallest absolute Gasteiger partial charge is 0.260 e. The number of carbonyl (C=O) groups excluding carboxylic acids is 1. The highest BCUT2D eigenvalue weighted by molar-refractivity contribution is 7.93. The van der Waals surface area contributed by atoms with E-state index in [1.807, 2.05) is 6.92 Å². The van der Waals surface area contributed by atoms with Crippen LogP contribution in [0.3, 0.4) is 0 Å². The summed E-state index contributed by atoms with van der Waals surface area (Å²) in [4.78, 5) is 13.7. The summed E-state index contributed by atoms with van der Waals surface area (Å²) in [6.45, 7) is 3.01. The monoisotopic (exact) mass is 371 g/mol. The molecule has 1 spiro atoms. The lowest BCUT2D eigenvalue weighted by Crippen LogP contribution is -2.69. The van der Waals surface area contributed by atoms with Crippen LogP contribution in [-0.4, -0.2) is 62.6 Å². The Morgan fingerprint density at radius 2 is 2.00 bits per heavy atom. The van der Waals surface area contributed by atoms with Crippen LogP contribution < -0.4 is 4.74 Å². The predicted octanol–water partition coefficient (Wildman–Crippen LogP) is 1.26. The van der Waals surface area contributed by atoms with Crippen molar-refractivity contribution in [2.24, 2.45) is 5.92 Å². The second-order valence-corrected chi connectivity index (χ2v) is 8.97. The first kappa shape index (κ1) is 18.1. The molecule has 0 aliphatic carbocycles. The van der Waals surface area contributed by atoms with Gasteiger partial charge in [-0.3, -0.25) is 4.79 Å². The van der Waals surface area contributed by atoms with Gasteiger partial charge < -0.3 is 14.4 Å². The Balaban J connectivity index is 1.57. The molecule has 0 bridgehead atoms. The van der Waals surface area contributed by atoms with Gasteiger partial charge in [-0.1, -0.05) is 0 Å². The van der Waals surface area contributed by atoms with Crippen LogP contribution in [0.15, 0.2) is 24.3 Å². The molecule has 1 atom stereocenters. The second kappa shape index (κ2) is 6.92. The fraction of sp³-hybridized carbons (Fsp3) is 0.588. The van der Waals surface area contributed by atoms with Crippen LogP contribution >= 0.6 is 0 Å². The van der Waals surface area contributed by atoms with Gasteiger partial charge in [0.05, 0.1) is 12.4 Å². The third-order valence-electron chi connectivity index (χ3n) is 5.07. The number of carbonyl (C=O) groups is 1. The number of nitrogens with zero attached hydrogens (tertiary/aromatic N) is 1. The third kappa shape index (κ3) is 3.37. The Morgan fingerprint density at radius 1 is 1.32 bits per heavy atom. The molecule has 0 saturated carbocycles. The maximum atomic E-state index is 12.8. The largest absolute Gasteiger partial charge is 0.484 e. The van der Waals surface area contributed by atoms with Crippen molar-refractivity contribution >= 4 is 15.7 Å². The minimum atomic E-state index is -3.22. The molecule has 2 saturated heterocycles. The topological polar surface area (TPSA) is 72.9 Å². The molecule has 138 valence electrons. The van der Waals surface area contributed by atoms with E-state index in [0.717, 1.165) is 0 Å². The van der Waals surface area contributed by atoms with Crippen molar-refractivity contribution in [2.45, 2.75) is 18.1 Å². The Morgan fingerprint density at radius 3 is 2.64 bits per heavy atom. The molecule has 1 aromatic rings. The van der Waals surface area contributed by atoms with Crippen molar-refractivity contribution in [2.75, 3.05) is 38.7 Å². The maximum absolute atomic E-state index is 12.8. The van der Waals surface area contributed by atoms with Crippen LogP contribution in [0.1, 0.15) is 13.3 Å². The van der Waals surface area contributed by atoms with Crippen LogP contribution in [-0.2, 0) is 19.4 Å². The number of halogens is 1. The van der Waals surface area contributed by atoms with Gasteiger partial charge in [0.15, 0.2) is 16.4 Å². The van der Waals surface area contributed by atoms with Gasteiger partial charge in [0, 0.05) is 25.6 Å². The average Bonchev–Trinajstić information content (AvgIpc) is 2.81. The summed E-state index contributed by atoms with van der Waals surface area (Å²) in [5.41, 5.74) is 0. The molecule has 0 unspecified atom stereocenters. The summed E-state index contributed by atoms with van der Waals surface area (Å²) in [6, 6.07) is 5.39. The average molecular weight is 371 g/mol. The lowest BCUT2D eigenvalue weighted by molar-refractivity contribution is -0.140. The first-order valence-electron chi connectivity index (χ1n) is 8.34. The van der Waals surface area contributed by atoms with Crippen LogP contribution in [0, 0.1) is 11.7 Å². The lowest BCUT2D eigenvalue weighted by Gasteiger charge is -2.49. The molecule has 1 aromatic carbocycles. The van der Waals surface area contributed by atoms with E-state index in [4.69, 9.17) is 9.47 Å². The predicted molar refractivity (Wildman–Crippen MR) is 89.6 cm³/mol. The fourth-order valence-electron chi connectivity index (χ4n) is 3.51. The Bertz CT molecular complexity index is 728. The van der Waals surface area contributed by atoms with E-state index < -0.39 is 14.6 Å². The number of sulfone groups is 1. The first-order valence-corrected chi connectivity index (χ1v) is 9.99. The van der Waals surface area contributed by atoms with Crippen LogP contribution in [0.25, 0.3) is 0 Å². The summed E-state index contributed by atoms with van der Waals surface area (Å²) in [7, 11) is -3.22. The molecular formula is C17H22FNO5S. The first-order chi connectivity index (χ1) is 11.9. The molecular weight excluding hydrogens is 349 g/mol. The van der Waals surface area contributed by atoms with Gasteiger partial charge in [-0.2, -0.15) is 0 Å². The molecule has 2 heterocycles. The Hall–Kier alpha value is -1.67. The van der Waals surface area contributed by atoms with E-state index in [0.29, 0.717) is 25.4 Å². The number of hydrogen-bond donors (Lipinski definition) is 0. The molecule has 1 amide bonds. The summed E-state index contributed by atoms with van der Waals surface area (Å²) < 4.78 is 47.7. The molecule has 6 nitrogen and oxygen atoms in total. The molecule has 8 heteroatoms. The minimum Gasteiger partial charge on any atom is -0.484 e. The highest BCUT2D eigenvalue weighted by Crippen LogP contribution is 2.44. The summed E-state index contributed by atoms with van der Waals surface area (Å²) in [5, 5.41) is 0. The zero-order valence-corrected chi connectivity index (χ0v) is 14.9. The van der Waals surface area contributed by atoms with E-state index in [-0.39, 0.29) is 43.1 Å². The van der Waals surface area contributed by atoms with Gasteiger partial charge in [0.25, 0.3) is 5.91 Å². The molecule has 2 aliphatic rings. The van der Waals surface area contributed by atoms with Gasteiger partial charge >= 0.3 is 0 Å². The summed E-state index contributed by atoms with van der Waals surface area (Å²) in [6.07, 6.45) is 0.580. The summed E-state index contributed by atoms with van der Waals surface area (Å²) >= 11 is 0. The van der Waals surface area contributed by atoms with E-state index in [1.54, 1.807) is 0 Å². The quantitative estimate of drug-likeness (QED) is 0.753. The fourth-order valence-corrected chi connectivity index (χ4v) is 5.91. The van der Waals surface area contributed by atoms with E-state index in [2.05, 4.69) is 0 Å². The van der Waals surface area contributed by atoms with Gasteiger partial charge in [-0.25, -0.2) is 12.8 Å². The van der Waals surface area contributed by atoms with Crippen LogP contribution in [0.2, 0.25) is 0 Å². The van der Waals surface area contributed by atoms with Crippen molar-refractivity contribution in [3.63, 3.8) is 0 Å². The van der Waals surface area contributed by atoms with Gasteiger partial charge in [-0.15, -0.1) is 0 Å². The molecule has 3 rings (SSSR count). The number of likely N-dealkylation sites (tertiary alicyclic amines) is 1. The number of hydrogen-bond acceptors (Lipinski definition) is 5. The van der Waals surface area contributed by atoms with Gasteiger partial charge in [-0.05, 0) is 37.6 Å². The van der Waals surface area contributed by atoms with Crippen molar-refractivity contribution in [3.8, 4) is 5.75 Å². The van der Waals surface area contributed by atoms with Crippen molar-refractivity contribution < 1.29 is 27.1 Å². The molecule has 25 heavy (non-hydrogen) atoms. The lowest BCUT2D eigenvalue weighted by atomic mass is 9.83. The number of amides is 1.